The highest BCUT2D eigenvalue weighted by Crippen LogP contribution is 2.37. The second-order valence-corrected chi connectivity index (χ2v) is 5.04. The highest BCUT2D eigenvalue weighted by atomic mass is 16.5. The number of aliphatic hydroxyl groups is 1. The summed E-state index contributed by atoms with van der Waals surface area (Å²) in [5.41, 5.74) is 1.91. The third-order valence-electron chi connectivity index (χ3n) is 3.60. The number of aliphatic hydroxyl groups excluding tert-OH is 1. The van der Waals surface area contributed by atoms with Crippen molar-refractivity contribution in [3.05, 3.63) is 39.8 Å². The predicted octanol–water partition coefficient (Wildman–Crippen LogP) is 1.64. The van der Waals surface area contributed by atoms with Gasteiger partial charge in [0.15, 0.2) is 11.5 Å². The number of aromatic nitrogens is 1. The molecule has 1 heterocycles. The van der Waals surface area contributed by atoms with Crippen LogP contribution >= 0.6 is 0 Å². The van der Waals surface area contributed by atoms with Crippen LogP contribution in [0.3, 0.4) is 0 Å². The van der Waals surface area contributed by atoms with Crippen molar-refractivity contribution in [3.8, 4) is 28.7 Å². The molecule has 0 aliphatic heterocycles. The van der Waals surface area contributed by atoms with Gasteiger partial charge in [-0.15, -0.1) is 0 Å². The normalized spacial score (nSPS) is 10.1. The molecule has 0 aliphatic carbocycles. The smallest absolute Gasteiger partial charge is 0.268 e. The second-order valence-electron chi connectivity index (χ2n) is 5.04. The van der Waals surface area contributed by atoms with E-state index in [1.54, 1.807) is 26.2 Å². The van der Waals surface area contributed by atoms with Crippen LogP contribution in [-0.2, 0) is 0 Å². The Morgan fingerprint density at radius 1 is 1.29 bits per heavy atom. The molecule has 1 aromatic carbocycles. The molecule has 0 amide bonds. The number of aromatic amines is 1. The number of nitrogens with one attached hydrogen (secondary N) is 2. The maximum atomic E-state index is 12.0. The first-order valence-electron chi connectivity index (χ1n) is 7.31. The van der Waals surface area contributed by atoms with E-state index in [2.05, 4.69) is 10.3 Å². The minimum atomic E-state index is -0.473. The van der Waals surface area contributed by atoms with Gasteiger partial charge in [0.2, 0.25) is 0 Å². The molecule has 0 atom stereocenters. The van der Waals surface area contributed by atoms with Crippen LogP contribution in [0.25, 0.3) is 11.1 Å². The van der Waals surface area contributed by atoms with E-state index in [4.69, 9.17) is 14.6 Å². The van der Waals surface area contributed by atoms with Crippen LogP contribution in [0, 0.1) is 18.3 Å². The molecule has 126 valence electrons. The third kappa shape index (κ3) is 3.19. The molecule has 0 saturated carbocycles. The quantitative estimate of drug-likeness (QED) is 0.744. The van der Waals surface area contributed by atoms with Crippen molar-refractivity contribution in [2.24, 2.45) is 0 Å². The SMILES string of the molecule is COc1ccc(-c2c(C)[nH]c(=O)c(C#N)c2NCCO)cc1OC. The van der Waals surface area contributed by atoms with E-state index in [1.165, 1.54) is 7.11 Å². The zero-order chi connectivity index (χ0) is 17.7. The van der Waals surface area contributed by atoms with Crippen molar-refractivity contribution >= 4 is 5.69 Å². The standard InChI is InChI=1S/C17H19N3O4/c1-10-15(11-4-5-13(23-2)14(8-11)24-3)16(19-6-7-21)12(9-18)17(22)20-10/h4-5,8,21H,6-7H2,1-3H3,(H2,19,20,22). The van der Waals surface area contributed by atoms with E-state index in [0.717, 1.165) is 5.56 Å². The zero-order valence-corrected chi connectivity index (χ0v) is 13.8. The van der Waals surface area contributed by atoms with Crippen molar-refractivity contribution < 1.29 is 14.6 Å². The summed E-state index contributed by atoms with van der Waals surface area (Å²) in [5, 5.41) is 21.4. The minimum Gasteiger partial charge on any atom is -0.493 e. The Balaban J connectivity index is 2.73. The Morgan fingerprint density at radius 3 is 2.58 bits per heavy atom. The monoisotopic (exact) mass is 329 g/mol. The molecule has 24 heavy (non-hydrogen) atoms. The molecular formula is C17H19N3O4. The first-order chi connectivity index (χ1) is 11.6. The lowest BCUT2D eigenvalue weighted by Gasteiger charge is -2.17. The van der Waals surface area contributed by atoms with Gasteiger partial charge in [0.05, 0.1) is 26.5 Å². The first-order valence-corrected chi connectivity index (χ1v) is 7.31. The number of benzene rings is 1. The number of hydrogen-bond acceptors (Lipinski definition) is 6. The van der Waals surface area contributed by atoms with Crippen LogP contribution in [-0.4, -0.2) is 37.5 Å². The van der Waals surface area contributed by atoms with Gasteiger partial charge in [0.25, 0.3) is 5.56 Å². The fourth-order valence-electron chi connectivity index (χ4n) is 2.54. The first kappa shape index (κ1) is 17.4. The lowest BCUT2D eigenvalue weighted by molar-refractivity contribution is 0.311. The number of hydrogen-bond donors (Lipinski definition) is 3. The summed E-state index contributed by atoms with van der Waals surface area (Å²) in [6.45, 7) is 1.85. The molecule has 0 saturated heterocycles. The largest absolute Gasteiger partial charge is 0.493 e. The maximum absolute atomic E-state index is 12.0. The van der Waals surface area contributed by atoms with Crippen LogP contribution in [0.1, 0.15) is 11.3 Å². The molecule has 0 aliphatic rings. The molecule has 3 N–H and O–H groups in total. The number of rotatable bonds is 6. The molecule has 0 unspecified atom stereocenters. The third-order valence-corrected chi connectivity index (χ3v) is 3.60. The Kier molecular flexibility index (Phi) is 5.45. The van der Waals surface area contributed by atoms with E-state index in [9.17, 15) is 10.1 Å². The molecule has 0 fully saturated rings. The number of anilines is 1. The van der Waals surface area contributed by atoms with Gasteiger partial charge in [-0.05, 0) is 24.6 Å². The molecule has 2 rings (SSSR count). The fraction of sp³-hybridized carbons (Fsp3) is 0.294. The molecule has 1 aromatic heterocycles. The molecular weight excluding hydrogens is 310 g/mol. The average molecular weight is 329 g/mol. The number of methoxy groups -OCH3 is 2. The summed E-state index contributed by atoms with van der Waals surface area (Å²) < 4.78 is 10.5. The summed E-state index contributed by atoms with van der Waals surface area (Å²) >= 11 is 0. The van der Waals surface area contributed by atoms with Crippen molar-refractivity contribution in [3.63, 3.8) is 0 Å². The number of ether oxygens (including phenoxy) is 2. The summed E-state index contributed by atoms with van der Waals surface area (Å²) in [6, 6.07) is 7.25. The molecule has 7 heteroatoms. The van der Waals surface area contributed by atoms with Crippen LogP contribution in [0.5, 0.6) is 11.5 Å². The number of nitriles is 1. The van der Waals surface area contributed by atoms with Crippen LogP contribution < -0.4 is 20.3 Å². The Bertz CT molecular complexity index is 837. The van der Waals surface area contributed by atoms with Gasteiger partial charge in [-0.2, -0.15) is 5.26 Å². The fourth-order valence-corrected chi connectivity index (χ4v) is 2.54. The minimum absolute atomic E-state index is 0.0289. The van der Waals surface area contributed by atoms with Gasteiger partial charge >= 0.3 is 0 Å². The van der Waals surface area contributed by atoms with Crippen LogP contribution in [0.15, 0.2) is 23.0 Å². The maximum Gasteiger partial charge on any atom is 0.268 e. The number of H-pyrrole nitrogens is 1. The van der Waals surface area contributed by atoms with Crippen molar-refractivity contribution in [2.75, 3.05) is 32.7 Å². The predicted molar refractivity (Wildman–Crippen MR) is 90.6 cm³/mol. The lowest BCUT2D eigenvalue weighted by Crippen LogP contribution is -2.18. The number of aryl methyl sites for hydroxylation is 1. The van der Waals surface area contributed by atoms with Gasteiger partial charge < -0.3 is 24.9 Å². The van der Waals surface area contributed by atoms with E-state index in [0.29, 0.717) is 28.4 Å². The van der Waals surface area contributed by atoms with E-state index in [-0.39, 0.29) is 18.7 Å². The Labute approximate surface area is 139 Å². The van der Waals surface area contributed by atoms with Crippen LogP contribution in [0.4, 0.5) is 5.69 Å². The zero-order valence-electron chi connectivity index (χ0n) is 13.8. The average Bonchev–Trinajstić information content (AvgIpc) is 2.59. The summed E-state index contributed by atoms with van der Waals surface area (Å²) in [4.78, 5) is 14.7. The van der Waals surface area contributed by atoms with Gasteiger partial charge in [-0.1, -0.05) is 6.07 Å². The summed E-state index contributed by atoms with van der Waals surface area (Å²) in [7, 11) is 3.08. The van der Waals surface area contributed by atoms with Crippen LogP contribution in [0.2, 0.25) is 0 Å². The van der Waals surface area contributed by atoms with E-state index < -0.39 is 5.56 Å². The second kappa shape index (κ2) is 7.53. The van der Waals surface area contributed by atoms with Crippen molar-refractivity contribution in [2.45, 2.75) is 6.92 Å². The number of pyridine rings is 1. The summed E-state index contributed by atoms with van der Waals surface area (Å²) in [5.74, 6) is 1.11. The topological polar surface area (TPSA) is 107 Å². The number of nitrogens with zero attached hydrogens (tertiary/aromatic N) is 1. The highest BCUT2D eigenvalue weighted by molar-refractivity contribution is 5.84. The molecule has 0 spiro atoms. The summed E-state index contributed by atoms with van der Waals surface area (Å²) in [6.07, 6.45) is 0. The molecule has 2 aromatic rings. The Morgan fingerprint density at radius 2 is 2.00 bits per heavy atom. The van der Waals surface area contributed by atoms with E-state index in [1.807, 2.05) is 12.1 Å². The van der Waals surface area contributed by atoms with Gasteiger partial charge in [0.1, 0.15) is 11.6 Å². The van der Waals surface area contributed by atoms with Gasteiger partial charge in [-0.25, -0.2) is 0 Å². The van der Waals surface area contributed by atoms with Crippen molar-refractivity contribution in [1.82, 2.24) is 4.98 Å². The molecule has 0 radical (unpaired) electrons. The Hall–Kier alpha value is -2.98. The van der Waals surface area contributed by atoms with Gasteiger partial charge in [0, 0.05) is 17.8 Å². The lowest BCUT2D eigenvalue weighted by atomic mass is 9.99. The molecule has 0 bridgehead atoms. The highest BCUT2D eigenvalue weighted by Gasteiger charge is 2.18. The van der Waals surface area contributed by atoms with E-state index >= 15 is 0 Å². The van der Waals surface area contributed by atoms with Gasteiger partial charge in [-0.3, -0.25) is 4.79 Å². The van der Waals surface area contributed by atoms with Crippen molar-refractivity contribution in [1.29, 1.82) is 5.26 Å². The molecule has 7 nitrogen and oxygen atoms in total.